The maximum absolute atomic E-state index is 14.3. The van der Waals surface area contributed by atoms with Gasteiger partial charge in [0.15, 0.2) is 0 Å². The van der Waals surface area contributed by atoms with E-state index >= 15 is 0 Å². The van der Waals surface area contributed by atoms with Gasteiger partial charge in [-0.3, -0.25) is 28.8 Å². The molecule has 0 radical (unpaired) electrons. The number of aliphatic hydroxyl groups is 1. The first-order valence-corrected chi connectivity index (χ1v) is 21.8. The Bertz CT molecular complexity index is 2000. The number of hydrogen-bond acceptors (Lipinski definition) is 11. The zero-order chi connectivity index (χ0) is 46.8. The van der Waals surface area contributed by atoms with Gasteiger partial charge in [0, 0.05) is 25.9 Å². The molecule has 3 aromatic carbocycles. The molecule has 346 valence electrons. The third-order valence-corrected chi connectivity index (χ3v) is 11.0. The molecule has 1 aliphatic rings. The first kappa shape index (κ1) is 50.5. The highest BCUT2D eigenvalue weighted by Gasteiger charge is 2.37. The van der Waals surface area contributed by atoms with Crippen molar-refractivity contribution in [2.45, 2.75) is 109 Å². The predicted molar refractivity (Wildman–Crippen MR) is 240 cm³/mol. The molecule has 2 unspecified atom stereocenters. The van der Waals surface area contributed by atoms with E-state index in [-0.39, 0.29) is 39.0 Å². The Morgan fingerprint density at radius 1 is 0.703 bits per heavy atom. The molecular weight excluding hydrogens is 821 g/mol. The summed E-state index contributed by atoms with van der Waals surface area (Å²) in [6.45, 7) is 7.92. The van der Waals surface area contributed by atoms with Gasteiger partial charge in [0.25, 0.3) is 0 Å². The Balaban J connectivity index is 1.66. The van der Waals surface area contributed by atoms with Crippen molar-refractivity contribution in [3.05, 3.63) is 108 Å². The molecule has 4 rings (SSSR count). The van der Waals surface area contributed by atoms with Gasteiger partial charge in [0.05, 0.1) is 12.1 Å². The van der Waals surface area contributed by atoms with Crippen LogP contribution in [0.1, 0.15) is 57.7 Å². The van der Waals surface area contributed by atoms with Crippen LogP contribution in [0.2, 0.25) is 0 Å². The van der Waals surface area contributed by atoms with Gasteiger partial charge in [0.1, 0.15) is 42.9 Å². The fourth-order valence-corrected chi connectivity index (χ4v) is 7.04. The van der Waals surface area contributed by atoms with E-state index in [9.17, 15) is 38.7 Å². The molecule has 0 saturated carbocycles. The molecule has 1 heterocycles. The molecule has 1 aliphatic heterocycles. The molecule has 10 N–H and O–H groups in total. The molecule has 1 fully saturated rings. The molecule has 3 aromatic rings. The van der Waals surface area contributed by atoms with Crippen LogP contribution in [0.5, 0.6) is 0 Å². The number of benzene rings is 3. The monoisotopic (exact) mass is 884 g/mol. The molecule has 9 atom stereocenters. The second-order valence-corrected chi connectivity index (χ2v) is 16.6. The normalized spacial score (nSPS) is 22.6. The Hall–Kier alpha value is -6.17. The molecule has 17 nitrogen and oxygen atoms in total. The third kappa shape index (κ3) is 15.6. The minimum atomic E-state index is -1.55. The SMILES string of the molecule is CC[C@H](C)C1NC(=O)[C@@H](NC(=O)[C@@H](NC(=O)[C@@H](N)Cc2ccccc2)C(C)C)CNCCOC(=O)[C@@H](Cc2ccccc2)NC(=O)C([C@H](C)O)NC(=O)[C@@H](Cc2ccccc2)NC1=O. The number of carbonyl (C=O) groups excluding carboxylic acids is 7. The molecule has 0 aliphatic carbocycles. The number of cyclic esters (lactones) is 1. The van der Waals surface area contributed by atoms with Crippen molar-refractivity contribution in [2.24, 2.45) is 17.6 Å². The summed E-state index contributed by atoms with van der Waals surface area (Å²) in [7, 11) is 0. The van der Waals surface area contributed by atoms with E-state index in [2.05, 4.69) is 37.2 Å². The van der Waals surface area contributed by atoms with Gasteiger partial charge in [-0.05, 0) is 41.9 Å². The summed E-state index contributed by atoms with van der Waals surface area (Å²) in [6.07, 6.45) is -0.795. The number of rotatable bonds is 14. The molecule has 64 heavy (non-hydrogen) atoms. The summed E-state index contributed by atoms with van der Waals surface area (Å²) in [5.74, 6) is -6.10. The first-order valence-electron chi connectivity index (χ1n) is 21.8. The highest BCUT2D eigenvalue weighted by molar-refractivity contribution is 5.97. The van der Waals surface area contributed by atoms with Crippen LogP contribution in [0.25, 0.3) is 0 Å². The number of amides is 6. The lowest BCUT2D eigenvalue weighted by molar-refractivity contribution is -0.148. The number of nitrogens with one attached hydrogen (secondary N) is 7. The van der Waals surface area contributed by atoms with Crippen LogP contribution in [0, 0.1) is 11.8 Å². The maximum atomic E-state index is 14.3. The number of nitrogens with two attached hydrogens (primary N) is 1. The fraction of sp³-hybridized carbons (Fsp3) is 0.468. The number of aliphatic hydroxyl groups excluding tert-OH is 1. The highest BCUT2D eigenvalue weighted by atomic mass is 16.5. The van der Waals surface area contributed by atoms with Gasteiger partial charge < -0.3 is 52.8 Å². The third-order valence-electron chi connectivity index (χ3n) is 11.0. The summed E-state index contributed by atoms with van der Waals surface area (Å²) >= 11 is 0. The molecule has 6 amide bonds. The number of ether oxygens (including phenoxy) is 1. The van der Waals surface area contributed by atoms with Crippen LogP contribution < -0.4 is 43.0 Å². The van der Waals surface area contributed by atoms with Crippen molar-refractivity contribution >= 4 is 41.4 Å². The van der Waals surface area contributed by atoms with Gasteiger partial charge in [-0.25, -0.2) is 4.79 Å². The second-order valence-electron chi connectivity index (χ2n) is 16.6. The Morgan fingerprint density at radius 2 is 1.22 bits per heavy atom. The summed E-state index contributed by atoms with van der Waals surface area (Å²) in [4.78, 5) is 97.3. The quantitative estimate of drug-likeness (QED) is 0.0988. The zero-order valence-corrected chi connectivity index (χ0v) is 37.2. The van der Waals surface area contributed by atoms with E-state index in [1.165, 1.54) is 6.92 Å². The van der Waals surface area contributed by atoms with Gasteiger partial charge in [-0.15, -0.1) is 0 Å². The van der Waals surface area contributed by atoms with Gasteiger partial charge in [0.2, 0.25) is 35.4 Å². The van der Waals surface area contributed by atoms with Crippen molar-refractivity contribution in [1.82, 2.24) is 37.2 Å². The summed E-state index contributed by atoms with van der Waals surface area (Å²) < 4.78 is 5.57. The Kier molecular flexibility index (Phi) is 19.9. The van der Waals surface area contributed by atoms with Crippen molar-refractivity contribution in [3.8, 4) is 0 Å². The lowest BCUT2D eigenvalue weighted by atomic mass is 9.96. The van der Waals surface area contributed by atoms with Crippen molar-refractivity contribution in [1.29, 1.82) is 0 Å². The average molecular weight is 885 g/mol. The van der Waals surface area contributed by atoms with Crippen LogP contribution in [-0.2, 0) is 57.6 Å². The van der Waals surface area contributed by atoms with E-state index < -0.39 is 102 Å². The fourth-order valence-electron chi connectivity index (χ4n) is 7.04. The lowest BCUT2D eigenvalue weighted by Gasteiger charge is -2.30. The minimum Gasteiger partial charge on any atom is -0.463 e. The molecule has 0 spiro atoms. The minimum absolute atomic E-state index is 0.00111. The van der Waals surface area contributed by atoms with Gasteiger partial charge >= 0.3 is 5.97 Å². The molecule has 1 saturated heterocycles. The zero-order valence-electron chi connectivity index (χ0n) is 37.2. The van der Waals surface area contributed by atoms with E-state index in [0.29, 0.717) is 17.5 Å². The van der Waals surface area contributed by atoms with E-state index in [0.717, 1.165) is 5.56 Å². The molecule has 0 aromatic heterocycles. The van der Waals surface area contributed by atoms with Crippen molar-refractivity contribution < 1.29 is 43.4 Å². The van der Waals surface area contributed by atoms with Crippen LogP contribution in [0.4, 0.5) is 0 Å². The number of esters is 1. The predicted octanol–water partition coefficient (Wildman–Crippen LogP) is 0.180. The van der Waals surface area contributed by atoms with Crippen LogP contribution in [0.3, 0.4) is 0 Å². The summed E-state index contributed by atoms with van der Waals surface area (Å²) in [5, 5.41) is 30.0. The topological polar surface area (TPSA) is 259 Å². The van der Waals surface area contributed by atoms with Gasteiger partial charge in [-0.2, -0.15) is 0 Å². The standard InChI is InChI=1S/C47H64N8O9/c1-6-29(4)39-45(61)50-35(25-32-18-12-8-13-19-32)42(58)55-40(30(5)56)46(62)51-36(26-33-20-14-9-15-21-33)47(63)64-23-22-49-27-37(43(59)54-39)52-44(60)38(28(2)3)53-41(57)34(48)24-31-16-10-7-11-17-31/h7-21,28-30,34-40,49,56H,6,22-27,48H2,1-5H3,(H,50,61)(H,51,62)(H,52,60)(H,53,57)(H,54,59)(H,55,58)/t29-,30-,34-,35+,36+,37-,38-,39?,40?/m0/s1. The summed E-state index contributed by atoms with van der Waals surface area (Å²) in [6, 6.07) is 18.2. The smallest absolute Gasteiger partial charge is 0.329 e. The molecular formula is C47H64N8O9. The van der Waals surface area contributed by atoms with Gasteiger partial charge in [-0.1, -0.05) is 125 Å². The number of hydrogen-bond donors (Lipinski definition) is 9. The van der Waals surface area contributed by atoms with Crippen LogP contribution >= 0.6 is 0 Å². The summed E-state index contributed by atoms with van der Waals surface area (Å²) in [5.41, 5.74) is 8.43. The Morgan fingerprint density at radius 3 is 1.77 bits per heavy atom. The van der Waals surface area contributed by atoms with Crippen LogP contribution in [0.15, 0.2) is 91.0 Å². The van der Waals surface area contributed by atoms with Crippen molar-refractivity contribution in [3.63, 3.8) is 0 Å². The number of carbonyl (C=O) groups is 7. The average Bonchev–Trinajstić information content (AvgIpc) is 3.27. The molecule has 17 heteroatoms. The molecule has 0 bridgehead atoms. The highest BCUT2D eigenvalue weighted by Crippen LogP contribution is 2.13. The van der Waals surface area contributed by atoms with Crippen LogP contribution in [-0.4, -0.2) is 115 Å². The Labute approximate surface area is 374 Å². The second kappa shape index (κ2) is 25.2. The van der Waals surface area contributed by atoms with E-state index in [1.807, 2.05) is 37.3 Å². The first-order chi connectivity index (χ1) is 30.6. The lowest BCUT2D eigenvalue weighted by Crippen LogP contribution is -2.63. The maximum Gasteiger partial charge on any atom is 0.329 e. The van der Waals surface area contributed by atoms with E-state index in [4.69, 9.17) is 10.5 Å². The van der Waals surface area contributed by atoms with Crippen molar-refractivity contribution in [2.75, 3.05) is 19.7 Å². The largest absolute Gasteiger partial charge is 0.463 e. The van der Waals surface area contributed by atoms with E-state index in [1.54, 1.807) is 81.4 Å².